The Bertz CT molecular complexity index is 367. The van der Waals surface area contributed by atoms with Crippen molar-refractivity contribution in [1.82, 2.24) is 5.32 Å². The summed E-state index contributed by atoms with van der Waals surface area (Å²) < 4.78 is 5.22. The smallest absolute Gasteiger partial charge is 0.180 e. The van der Waals surface area contributed by atoms with Gasteiger partial charge in [0.2, 0.25) is 0 Å². The van der Waals surface area contributed by atoms with Crippen molar-refractivity contribution in [2.24, 2.45) is 5.73 Å². The number of terminal acetylenes is 1. The van der Waals surface area contributed by atoms with Crippen molar-refractivity contribution < 1.29 is 4.74 Å². The minimum absolute atomic E-state index is 0.230. The van der Waals surface area contributed by atoms with Gasteiger partial charge in [0.05, 0.1) is 0 Å². The van der Waals surface area contributed by atoms with Gasteiger partial charge >= 0.3 is 0 Å². The maximum atomic E-state index is 5.45. The van der Waals surface area contributed by atoms with Gasteiger partial charge in [0.25, 0.3) is 0 Å². The van der Waals surface area contributed by atoms with E-state index in [4.69, 9.17) is 16.9 Å². The summed E-state index contributed by atoms with van der Waals surface area (Å²) >= 11 is 0. The van der Waals surface area contributed by atoms with Crippen LogP contribution in [0.25, 0.3) is 0 Å². The summed E-state index contributed by atoms with van der Waals surface area (Å²) in [5, 5.41) is 3.01. The van der Waals surface area contributed by atoms with Crippen LogP contribution < -0.4 is 11.1 Å². The molecule has 0 radical (unpaired) electrons. The van der Waals surface area contributed by atoms with Crippen LogP contribution in [0.4, 0.5) is 0 Å². The number of rotatable bonds is 6. The lowest BCUT2D eigenvalue weighted by Gasteiger charge is -2.16. The Kier molecular flexibility index (Phi) is 4.97. The molecule has 0 fully saturated rings. The van der Waals surface area contributed by atoms with E-state index in [0.29, 0.717) is 19.0 Å². The largest absolute Gasteiger partial charge is 0.478 e. The summed E-state index contributed by atoms with van der Waals surface area (Å²) in [7, 11) is 0. The average Bonchev–Trinajstić information content (AvgIpc) is 2.34. The standard InChI is InChI=1S/C13H16N2O/c1-3-13(12-7-5-4-6-8-12)15-11(2)16-10-9-14/h1,4-8,13,15H,2,9-10,14H2. The van der Waals surface area contributed by atoms with Crippen molar-refractivity contribution in [2.75, 3.05) is 13.2 Å². The fraction of sp³-hybridized carbons (Fsp3) is 0.231. The molecule has 0 aliphatic rings. The fourth-order valence-electron chi connectivity index (χ4n) is 1.25. The summed E-state index contributed by atoms with van der Waals surface area (Å²) in [5.74, 6) is 3.08. The molecule has 3 N–H and O–H groups in total. The van der Waals surface area contributed by atoms with Crippen LogP contribution in [0.15, 0.2) is 42.8 Å². The van der Waals surface area contributed by atoms with Gasteiger partial charge in [-0.25, -0.2) is 0 Å². The highest BCUT2D eigenvalue weighted by Crippen LogP contribution is 2.12. The third-order valence-corrected chi connectivity index (χ3v) is 2.00. The van der Waals surface area contributed by atoms with E-state index in [1.54, 1.807) is 0 Å². The number of hydrogen-bond acceptors (Lipinski definition) is 3. The summed E-state index contributed by atoms with van der Waals surface area (Å²) in [6.07, 6.45) is 5.45. The molecule has 1 atom stereocenters. The molecular weight excluding hydrogens is 200 g/mol. The molecule has 0 spiro atoms. The van der Waals surface area contributed by atoms with Gasteiger partial charge in [-0.15, -0.1) is 6.42 Å². The van der Waals surface area contributed by atoms with Crippen LogP contribution in [0.1, 0.15) is 11.6 Å². The lowest BCUT2D eigenvalue weighted by atomic mass is 10.1. The van der Waals surface area contributed by atoms with E-state index in [1.807, 2.05) is 30.3 Å². The summed E-state index contributed by atoms with van der Waals surface area (Å²) in [4.78, 5) is 0. The van der Waals surface area contributed by atoms with Crippen molar-refractivity contribution in [3.8, 4) is 12.3 Å². The van der Waals surface area contributed by atoms with E-state index in [0.717, 1.165) is 5.56 Å². The minimum atomic E-state index is -0.230. The molecule has 1 aromatic carbocycles. The Hall–Kier alpha value is -1.92. The van der Waals surface area contributed by atoms with Gasteiger partial charge in [0.15, 0.2) is 5.88 Å². The van der Waals surface area contributed by atoms with Crippen molar-refractivity contribution in [3.63, 3.8) is 0 Å². The summed E-state index contributed by atoms with van der Waals surface area (Å²) in [6.45, 7) is 4.60. The zero-order valence-corrected chi connectivity index (χ0v) is 9.15. The summed E-state index contributed by atoms with van der Waals surface area (Å²) in [6, 6.07) is 9.49. The van der Waals surface area contributed by atoms with Crippen LogP contribution in [0.5, 0.6) is 0 Å². The van der Waals surface area contributed by atoms with E-state index in [1.165, 1.54) is 0 Å². The Labute approximate surface area is 96.3 Å². The molecule has 0 saturated carbocycles. The maximum absolute atomic E-state index is 5.45. The first-order valence-corrected chi connectivity index (χ1v) is 5.07. The highest BCUT2D eigenvalue weighted by molar-refractivity contribution is 5.26. The lowest BCUT2D eigenvalue weighted by molar-refractivity contribution is 0.197. The Morgan fingerprint density at radius 3 is 2.75 bits per heavy atom. The van der Waals surface area contributed by atoms with Crippen molar-refractivity contribution in [2.45, 2.75) is 6.04 Å². The first-order valence-electron chi connectivity index (χ1n) is 5.07. The second-order valence-electron chi connectivity index (χ2n) is 3.22. The number of hydrogen-bond donors (Lipinski definition) is 2. The predicted octanol–water partition coefficient (Wildman–Crippen LogP) is 1.40. The molecule has 0 amide bonds. The van der Waals surface area contributed by atoms with Crippen LogP contribution in [0.2, 0.25) is 0 Å². The lowest BCUT2D eigenvalue weighted by Crippen LogP contribution is -2.22. The maximum Gasteiger partial charge on any atom is 0.180 e. The van der Waals surface area contributed by atoms with Crippen LogP contribution >= 0.6 is 0 Å². The molecule has 16 heavy (non-hydrogen) atoms. The SMILES string of the molecule is C#CC(NC(=C)OCCN)c1ccccc1. The molecule has 3 nitrogen and oxygen atoms in total. The second-order valence-corrected chi connectivity index (χ2v) is 3.22. The quantitative estimate of drug-likeness (QED) is 0.558. The number of benzene rings is 1. The Balaban J connectivity index is 2.57. The number of ether oxygens (including phenoxy) is 1. The molecule has 3 heteroatoms. The van der Waals surface area contributed by atoms with E-state index < -0.39 is 0 Å². The molecule has 0 aliphatic carbocycles. The third-order valence-electron chi connectivity index (χ3n) is 2.00. The van der Waals surface area contributed by atoms with Gasteiger partial charge < -0.3 is 15.8 Å². The summed E-state index contributed by atoms with van der Waals surface area (Å²) in [5.41, 5.74) is 6.32. The predicted molar refractivity (Wildman–Crippen MR) is 65.3 cm³/mol. The molecule has 1 unspecified atom stereocenters. The highest BCUT2D eigenvalue weighted by Gasteiger charge is 2.07. The number of nitrogens with one attached hydrogen (secondary N) is 1. The molecular formula is C13H16N2O. The van der Waals surface area contributed by atoms with Crippen molar-refractivity contribution >= 4 is 0 Å². The van der Waals surface area contributed by atoms with Gasteiger partial charge in [0, 0.05) is 6.54 Å². The van der Waals surface area contributed by atoms with Gasteiger partial charge in [-0.2, -0.15) is 0 Å². The van der Waals surface area contributed by atoms with Crippen LogP contribution in [0.3, 0.4) is 0 Å². The van der Waals surface area contributed by atoms with Gasteiger partial charge in [-0.05, 0) is 12.1 Å². The second kappa shape index (κ2) is 6.54. The normalized spacial score (nSPS) is 11.2. The topological polar surface area (TPSA) is 47.3 Å². The van der Waals surface area contributed by atoms with E-state index in [9.17, 15) is 0 Å². The van der Waals surface area contributed by atoms with E-state index in [-0.39, 0.29) is 6.04 Å². The van der Waals surface area contributed by atoms with Crippen LogP contribution in [-0.4, -0.2) is 13.2 Å². The monoisotopic (exact) mass is 216 g/mol. The zero-order chi connectivity index (χ0) is 11.8. The molecule has 1 aromatic rings. The first kappa shape index (κ1) is 12.2. The molecule has 0 bridgehead atoms. The average molecular weight is 216 g/mol. The minimum Gasteiger partial charge on any atom is -0.478 e. The molecule has 0 aliphatic heterocycles. The molecule has 1 rings (SSSR count). The third kappa shape index (κ3) is 3.68. The van der Waals surface area contributed by atoms with Crippen LogP contribution in [-0.2, 0) is 4.74 Å². The molecule has 0 saturated heterocycles. The van der Waals surface area contributed by atoms with Gasteiger partial charge in [-0.3, -0.25) is 0 Å². The Morgan fingerprint density at radius 1 is 1.50 bits per heavy atom. The zero-order valence-electron chi connectivity index (χ0n) is 9.15. The van der Waals surface area contributed by atoms with Crippen molar-refractivity contribution in [1.29, 1.82) is 0 Å². The van der Waals surface area contributed by atoms with Gasteiger partial charge in [0.1, 0.15) is 12.6 Å². The molecule has 0 aromatic heterocycles. The first-order chi connectivity index (χ1) is 7.77. The molecule has 84 valence electrons. The van der Waals surface area contributed by atoms with E-state index >= 15 is 0 Å². The highest BCUT2D eigenvalue weighted by atomic mass is 16.5. The van der Waals surface area contributed by atoms with Crippen molar-refractivity contribution in [3.05, 3.63) is 48.4 Å². The van der Waals surface area contributed by atoms with Crippen LogP contribution in [0, 0.1) is 12.3 Å². The number of nitrogens with two attached hydrogens (primary N) is 1. The van der Waals surface area contributed by atoms with Gasteiger partial charge in [-0.1, -0.05) is 36.3 Å². The van der Waals surface area contributed by atoms with E-state index in [2.05, 4.69) is 17.8 Å². The fourth-order valence-corrected chi connectivity index (χ4v) is 1.25. The Morgan fingerprint density at radius 2 is 2.19 bits per heavy atom. The molecule has 0 heterocycles.